The summed E-state index contributed by atoms with van der Waals surface area (Å²) >= 11 is 0. The SMILES string of the molecule is C=Cc1ncccc1C1OCCO1. The number of rotatable bonds is 2. The van der Waals surface area contributed by atoms with Crippen LogP contribution in [0.25, 0.3) is 6.08 Å². The molecule has 1 fully saturated rings. The highest BCUT2D eigenvalue weighted by Gasteiger charge is 2.20. The predicted molar refractivity (Wildman–Crippen MR) is 49.0 cm³/mol. The van der Waals surface area contributed by atoms with Gasteiger partial charge in [-0.25, -0.2) is 0 Å². The first-order chi connectivity index (χ1) is 6.42. The van der Waals surface area contributed by atoms with E-state index in [9.17, 15) is 0 Å². The van der Waals surface area contributed by atoms with Crippen molar-refractivity contribution in [1.82, 2.24) is 4.98 Å². The average molecular weight is 177 g/mol. The van der Waals surface area contributed by atoms with Gasteiger partial charge in [0, 0.05) is 11.8 Å². The summed E-state index contributed by atoms with van der Waals surface area (Å²) in [6.45, 7) is 4.99. The van der Waals surface area contributed by atoms with E-state index in [1.807, 2.05) is 12.1 Å². The van der Waals surface area contributed by atoms with Gasteiger partial charge in [-0.1, -0.05) is 12.6 Å². The summed E-state index contributed by atoms with van der Waals surface area (Å²) in [6.07, 6.45) is 3.18. The molecule has 0 aromatic carbocycles. The molecular weight excluding hydrogens is 166 g/mol. The Bertz CT molecular complexity index is 306. The summed E-state index contributed by atoms with van der Waals surface area (Å²) in [5.74, 6) is 0. The van der Waals surface area contributed by atoms with Crippen LogP contribution in [0.5, 0.6) is 0 Å². The minimum Gasteiger partial charge on any atom is -0.346 e. The number of ether oxygens (including phenoxy) is 2. The standard InChI is InChI=1S/C10H11NO2/c1-2-9-8(4-3-5-11-9)10-12-6-7-13-10/h2-5,10H,1,6-7H2. The molecule has 1 aromatic rings. The van der Waals surface area contributed by atoms with Crippen LogP contribution in [0.3, 0.4) is 0 Å². The van der Waals surface area contributed by atoms with Crippen LogP contribution in [0.1, 0.15) is 17.5 Å². The molecule has 0 saturated carbocycles. The van der Waals surface area contributed by atoms with Crippen molar-refractivity contribution >= 4 is 6.08 Å². The highest BCUT2D eigenvalue weighted by Crippen LogP contribution is 2.25. The maximum atomic E-state index is 5.37. The Morgan fingerprint density at radius 1 is 1.46 bits per heavy atom. The Morgan fingerprint density at radius 3 is 2.92 bits per heavy atom. The van der Waals surface area contributed by atoms with Crippen LogP contribution in [0.15, 0.2) is 24.9 Å². The highest BCUT2D eigenvalue weighted by atomic mass is 16.7. The van der Waals surface area contributed by atoms with Gasteiger partial charge in [0.2, 0.25) is 0 Å². The molecule has 3 nitrogen and oxygen atoms in total. The van der Waals surface area contributed by atoms with Gasteiger partial charge < -0.3 is 9.47 Å². The topological polar surface area (TPSA) is 31.4 Å². The molecule has 3 heteroatoms. The first-order valence-electron chi connectivity index (χ1n) is 4.22. The molecule has 1 saturated heterocycles. The van der Waals surface area contributed by atoms with Crippen LogP contribution in [-0.4, -0.2) is 18.2 Å². The molecule has 0 aliphatic carbocycles. The van der Waals surface area contributed by atoms with Crippen molar-refractivity contribution in [3.05, 3.63) is 36.2 Å². The summed E-state index contributed by atoms with van der Waals surface area (Å²) in [5, 5.41) is 0. The van der Waals surface area contributed by atoms with E-state index in [0.717, 1.165) is 11.3 Å². The molecule has 1 aliphatic rings. The summed E-state index contributed by atoms with van der Waals surface area (Å²) < 4.78 is 10.7. The summed E-state index contributed by atoms with van der Waals surface area (Å²) in [6, 6.07) is 3.81. The van der Waals surface area contributed by atoms with Gasteiger partial charge in [0.05, 0.1) is 18.9 Å². The third kappa shape index (κ3) is 1.61. The van der Waals surface area contributed by atoms with E-state index in [-0.39, 0.29) is 6.29 Å². The summed E-state index contributed by atoms with van der Waals surface area (Å²) in [7, 11) is 0. The Hall–Kier alpha value is -1.19. The van der Waals surface area contributed by atoms with Crippen LogP contribution in [-0.2, 0) is 9.47 Å². The zero-order valence-electron chi connectivity index (χ0n) is 7.27. The number of hydrogen-bond donors (Lipinski definition) is 0. The summed E-state index contributed by atoms with van der Waals surface area (Å²) in [4.78, 5) is 4.16. The Morgan fingerprint density at radius 2 is 2.23 bits per heavy atom. The van der Waals surface area contributed by atoms with Crippen molar-refractivity contribution in [3.8, 4) is 0 Å². The van der Waals surface area contributed by atoms with E-state index in [0.29, 0.717) is 13.2 Å². The first kappa shape index (κ1) is 8.41. The third-order valence-corrected chi connectivity index (χ3v) is 1.94. The van der Waals surface area contributed by atoms with E-state index in [1.165, 1.54) is 0 Å². The second-order valence-corrected chi connectivity index (χ2v) is 2.76. The average Bonchev–Trinajstić information content (AvgIpc) is 2.70. The lowest BCUT2D eigenvalue weighted by atomic mass is 10.2. The van der Waals surface area contributed by atoms with Crippen molar-refractivity contribution in [3.63, 3.8) is 0 Å². The first-order valence-corrected chi connectivity index (χ1v) is 4.22. The van der Waals surface area contributed by atoms with Crippen LogP contribution < -0.4 is 0 Å². The van der Waals surface area contributed by atoms with Crippen molar-refractivity contribution in [2.45, 2.75) is 6.29 Å². The van der Waals surface area contributed by atoms with Gasteiger partial charge in [-0.15, -0.1) is 0 Å². The fourth-order valence-electron chi connectivity index (χ4n) is 1.34. The van der Waals surface area contributed by atoms with Crippen LogP contribution in [0.4, 0.5) is 0 Å². The third-order valence-electron chi connectivity index (χ3n) is 1.94. The molecule has 1 aromatic heterocycles. The van der Waals surface area contributed by atoms with Gasteiger partial charge in [-0.3, -0.25) is 4.98 Å². The predicted octanol–water partition coefficient (Wildman–Crippen LogP) is 1.77. The molecule has 2 rings (SSSR count). The van der Waals surface area contributed by atoms with Gasteiger partial charge in [-0.05, 0) is 12.1 Å². The molecule has 0 bridgehead atoms. The van der Waals surface area contributed by atoms with E-state index in [1.54, 1.807) is 12.3 Å². The molecule has 0 amide bonds. The van der Waals surface area contributed by atoms with E-state index in [2.05, 4.69) is 11.6 Å². The maximum absolute atomic E-state index is 5.37. The second-order valence-electron chi connectivity index (χ2n) is 2.76. The van der Waals surface area contributed by atoms with Gasteiger partial charge in [0.25, 0.3) is 0 Å². The lowest BCUT2D eigenvalue weighted by Crippen LogP contribution is -2.01. The fourth-order valence-corrected chi connectivity index (χ4v) is 1.34. The maximum Gasteiger partial charge on any atom is 0.186 e. The molecule has 0 unspecified atom stereocenters. The molecule has 0 radical (unpaired) electrons. The van der Waals surface area contributed by atoms with E-state index < -0.39 is 0 Å². The number of nitrogens with zero attached hydrogens (tertiary/aromatic N) is 1. The monoisotopic (exact) mass is 177 g/mol. The number of pyridine rings is 1. The van der Waals surface area contributed by atoms with E-state index >= 15 is 0 Å². The smallest absolute Gasteiger partial charge is 0.186 e. The molecule has 1 aliphatic heterocycles. The minimum atomic E-state index is -0.262. The van der Waals surface area contributed by atoms with Crippen molar-refractivity contribution in [2.75, 3.05) is 13.2 Å². The fraction of sp³-hybridized carbons (Fsp3) is 0.300. The second kappa shape index (κ2) is 3.68. The largest absolute Gasteiger partial charge is 0.346 e. The molecule has 68 valence electrons. The zero-order valence-corrected chi connectivity index (χ0v) is 7.27. The lowest BCUT2D eigenvalue weighted by Gasteiger charge is -2.10. The van der Waals surface area contributed by atoms with Crippen molar-refractivity contribution in [2.24, 2.45) is 0 Å². The number of aromatic nitrogens is 1. The molecule has 0 atom stereocenters. The van der Waals surface area contributed by atoms with Crippen molar-refractivity contribution in [1.29, 1.82) is 0 Å². The van der Waals surface area contributed by atoms with Gasteiger partial charge in [0.1, 0.15) is 0 Å². The molecular formula is C10H11NO2. The summed E-state index contributed by atoms with van der Waals surface area (Å²) in [5.41, 5.74) is 1.78. The highest BCUT2D eigenvalue weighted by molar-refractivity contribution is 5.47. The molecule has 0 N–H and O–H groups in total. The van der Waals surface area contributed by atoms with Crippen molar-refractivity contribution < 1.29 is 9.47 Å². The van der Waals surface area contributed by atoms with Crippen LogP contribution in [0.2, 0.25) is 0 Å². The molecule has 13 heavy (non-hydrogen) atoms. The van der Waals surface area contributed by atoms with Gasteiger partial charge in [0.15, 0.2) is 6.29 Å². The normalized spacial score (nSPS) is 17.5. The Labute approximate surface area is 77.0 Å². The van der Waals surface area contributed by atoms with Crippen LogP contribution >= 0.6 is 0 Å². The minimum absolute atomic E-state index is 0.262. The Balaban J connectivity index is 2.31. The quantitative estimate of drug-likeness (QED) is 0.689. The lowest BCUT2D eigenvalue weighted by molar-refractivity contribution is -0.0444. The zero-order chi connectivity index (χ0) is 9.10. The van der Waals surface area contributed by atoms with Crippen LogP contribution in [0, 0.1) is 0 Å². The number of hydrogen-bond acceptors (Lipinski definition) is 3. The van der Waals surface area contributed by atoms with Gasteiger partial charge in [-0.2, -0.15) is 0 Å². The van der Waals surface area contributed by atoms with Gasteiger partial charge >= 0.3 is 0 Å². The molecule has 0 spiro atoms. The van der Waals surface area contributed by atoms with E-state index in [4.69, 9.17) is 9.47 Å². The molecule has 2 heterocycles. The Kier molecular flexibility index (Phi) is 2.38.